The van der Waals surface area contributed by atoms with Gasteiger partial charge in [-0.05, 0) is 18.4 Å². The van der Waals surface area contributed by atoms with Crippen LogP contribution in [-0.4, -0.2) is 25.8 Å². The summed E-state index contributed by atoms with van der Waals surface area (Å²) < 4.78 is 1.31. The summed E-state index contributed by atoms with van der Waals surface area (Å²) in [5.74, 6) is 0.569. The maximum Gasteiger partial charge on any atom is 0.329 e. The molecule has 0 saturated carbocycles. The van der Waals surface area contributed by atoms with E-state index in [0.717, 1.165) is 10.5 Å². The van der Waals surface area contributed by atoms with E-state index >= 15 is 0 Å². The summed E-state index contributed by atoms with van der Waals surface area (Å²) in [4.78, 5) is 34.0. The Morgan fingerprint density at radius 3 is 2.50 bits per heavy atom. The van der Waals surface area contributed by atoms with Gasteiger partial charge < -0.3 is 4.98 Å². The van der Waals surface area contributed by atoms with E-state index in [4.69, 9.17) is 0 Å². The van der Waals surface area contributed by atoms with Crippen molar-refractivity contribution in [2.24, 2.45) is 7.05 Å². The number of aromatic amines is 2. The average molecular weight is 288 g/mol. The van der Waals surface area contributed by atoms with Crippen LogP contribution < -0.4 is 11.2 Å². The number of benzene rings is 1. The van der Waals surface area contributed by atoms with Crippen molar-refractivity contribution in [3.8, 4) is 11.4 Å². The Labute approximate surface area is 117 Å². The molecule has 0 spiro atoms. The largest absolute Gasteiger partial charge is 0.332 e. The van der Waals surface area contributed by atoms with E-state index in [1.54, 1.807) is 18.8 Å². The number of hydrogen-bond acceptors (Lipinski definition) is 4. The van der Waals surface area contributed by atoms with E-state index < -0.39 is 11.2 Å². The van der Waals surface area contributed by atoms with Crippen LogP contribution in [-0.2, 0) is 7.05 Å². The highest BCUT2D eigenvalue weighted by Gasteiger charge is 2.11. The van der Waals surface area contributed by atoms with E-state index in [1.165, 1.54) is 4.57 Å². The first-order valence-electron chi connectivity index (χ1n) is 5.93. The molecule has 0 amide bonds. The molecule has 6 nitrogen and oxygen atoms in total. The second-order valence-corrected chi connectivity index (χ2v) is 5.21. The van der Waals surface area contributed by atoms with Crippen molar-refractivity contribution in [3.05, 3.63) is 45.1 Å². The monoisotopic (exact) mass is 288 g/mol. The lowest BCUT2D eigenvalue weighted by molar-refractivity contribution is 0.832. The molecule has 0 saturated heterocycles. The number of imidazole rings is 1. The number of nitrogens with one attached hydrogen (secondary N) is 2. The third-order valence-corrected chi connectivity index (χ3v) is 3.86. The number of fused-ring (bicyclic) bond motifs is 1. The number of nitrogens with zero attached hydrogens (tertiary/aromatic N) is 2. The highest BCUT2D eigenvalue weighted by atomic mass is 32.2. The van der Waals surface area contributed by atoms with Gasteiger partial charge in [0.2, 0.25) is 0 Å². The number of aromatic nitrogens is 4. The predicted molar refractivity (Wildman–Crippen MR) is 79.2 cm³/mol. The summed E-state index contributed by atoms with van der Waals surface area (Å²) >= 11 is 1.65. The van der Waals surface area contributed by atoms with Crippen molar-refractivity contribution in [1.82, 2.24) is 19.5 Å². The molecule has 0 aliphatic heterocycles. The van der Waals surface area contributed by atoms with Gasteiger partial charge in [-0.25, -0.2) is 9.78 Å². The maximum atomic E-state index is 11.8. The minimum absolute atomic E-state index is 0.302. The Balaban J connectivity index is 2.22. The first-order valence-corrected chi connectivity index (χ1v) is 7.16. The molecule has 0 unspecified atom stereocenters. The number of rotatable bonds is 2. The molecule has 0 aliphatic carbocycles. The quantitative estimate of drug-likeness (QED) is 0.697. The average Bonchev–Trinajstić information content (AvgIpc) is 2.91. The van der Waals surface area contributed by atoms with Gasteiger partial charge in [0, 0.05) is 17.5 Å². The highest BCUT2D eigenvalue weighted by Crippen LogP contribution is 2.21. The van der Waals surface area contributed by atoms with Crippen molar-refractivity contribution in [2.75, 3.05) is 6.26 Å². The van der Waals surface area contributed by atoms with Gasteiger partial charge in [-0.1, -0.05) is 12.1 Å². The van der Waals surface area contributed by atoms with Crippen LogP contribution in [0.5, 0.6) is 0 Å². The molecule has 2 aromatic heterocycles. The lowest BCUT2D eigenvalue weighted by atomic mass is 10.2. The van der Waals surface area contributed by atoms with Crippen LogP contribution in [0.25, 0.3) is 22.6 Å². The zero-order chi connectivity index (χ0) is 14.3. The Kier molecular flexibility index (Phi) is 2.98. The molecular formula is C13H12N4O2S. The summed E-state index contributed by atoms with van der Waals surface area (Å²) in [7, 11) is 1.57. The minimum atomic E-state index is -0.474. The first kappa shape index (κ1) is 12.7. The third kappa shape index (κ3) is 1.96. The zero-order valence-corrected chi connectivity index (χ0v) is 11.7. The van der Waals surface area contributed by atoms with E-state index in [-0.39, 0.29) is 0 Å². The van der Waals surface area contributed by atoms with Gasteiger partial charge in [0.1, 0.15) is 11.3 Å². The smallest absolute Gasteiger partial charge is 0.329 e. The zero-order valence-electron chi connectivity index (χ0n) is 10.9. The number of thioether (sulfide) groups is 1. The van der Waals surface area contributed by atoms with E-state index in [1.807, 2.05) is 30.5 Å². The van der Waals surface area contributed by atoms with Gasteiger partial charge in [-0.15, -0.1) is 11.8 Å². The molecule has 2 N–H and O–H groups in total. The van der Waals surface area contributed by atoms with Crippen LogP contribution in [0.1, 0.15) is 0 Å². The molecule has 3 rings (SSSR count). The van der Waals surface area contributed by atoms with Gasteiger partial charge in [-0.2, -0.15) is 0 Å². The molecule has 0 aliphatic rings. The molecule has 3 aromatic rings. The fourth-order valence-electron chi connectivity index (χ4n) is 1.99. The topological polar surface area (TPSA) is 83.5 Å². The summed E-state index contributed by atoms with van der Waals surface area (Å²) in [5, 5.41) is 0. The lowest BCUT2D eigenvalue weighted by Crippen LogP contribution is -2.28. The third-order valence-electron chi connectivity index (χ3n) is 3.12. The molecule has 7 heteroatoms. The van der Waals surface area contributed by atoms with Crippen molar-refractivity contribution < 1.29 is 0 Å². The van der Waals surface area contributed by atoms with Gasteiger partial charge >= 0.3 is 5.69 Å². The van der Waals surface area contributed by atoms with Crippen molar-refractivity contribution in [2.45, 2.75) is 4.90 Å². The fraction of sp³-hybridized carbons (Fsp3) is 0.154. The van der Waals surface area contributed by atoms with Gasteiger partial charge in [0.05, 0.1) is 0 Å². The Hall–Kier alpha value is -2.28. The van der Waals surface area contributed by atoms with E-state index in [0.29, 0.717) is 17.0 Å². The number of H-pyrrole nitrogens is 2. The van der Waals surface area contributed by atoms with E-state index in [9.17, 15) is 9.59 Å². The molecule has 0 fully saturated rings. The van der Waals surface area contributed by atoms with Crippen LogP contribution in [0, 0.1) is 0 Å². The van der Waals surface area contributed by atoms with Gasteiger partial charge in [-0.3, -0.25) is 14.3 Å². The normalized spacial score (nSPS) is 11.1. The molecule has 20 heavy (non-hydrogen) atoms. The van der Waals surface area contributed by atoms with E-state index in [2.05, 4.69) is 15.0 Å². The highest BCUT2D eigenvalue weighted by molar-refractivity contribution is 7.98. The Bertz CT molecular complexity index is 889. The molecule has 0 radical (unpaired) electrons. The molecule has 2 heterocycles. The summed E-state index contributed by atoms with van der Waals surface area (Å²) in [6, 6.07) is 7.82. The van der Waals surface area contributed by atoms with Crippen LogP contribution in [0.2, 0.25) is 0 Å². The van der Waals surface area contributed by atoms with Crippen LogP contribution >= 0.6 is 11.8 Å². The standard InChI is InChI=1S/C13H12N4O2S/c1-17-11-9(12(18)16-13(17)19)14-10(15-11)7-3-5-8(20-2)6-4-7/h3-6H,1-2H3,(H,14,15)(H,16,18,19). The molecule has 0 atom stereocenters. The Morgan fingerprint density at radius 2 is 1.85 bits per heavy atom. The van der Waals surface area contributed by atoms with Crippen LogP contribution in [0.3, 0.4) is 0 Å². The second-order valence-electron chi connectivity index (χ2n) is 4.33. The number of hydrogen-bond donors (Lipinski definition) is 2. The molecule has 1 aromatic carbocycles. The van der Waals surface area contributed by atoms with Crippen LogP contribution in [0.15, 0.2) is 38.8 Å². The number of aryl methyl sites for hydroxylation is 1. The SMILES string of the molecule is CSc1ccc(-c2nc3c([nH]2)c(=O)[nH]c(=O)n3C)cc1. The minimum Gasteiger partial charge on any atom is -0.332 e. The lowest BCUT2D eigenvalue weighted by Gasteiger charge is -1.98. The predicted octanol–water partition coefficient (Wildman–Crippen LogP) is 1.34. The van der Waals surface area contributed by atoms with Crippen molar-refractivity contribution in [3.63, 3.8) is 0 Å². The molecule has 0 bridgehead atoms. The van der Waals surface area contributed by atoms with Gasteiger partial charge in [0.15, 0.2) is 5.65 Å². The fourth-order valence-corrected chi connectivity index (χ4v) is 2.40. The van der Waals surface area contributed by atoms with Crippen LogP contribution in [0.4, 0.5) is 0 Å². The van der Waals surface area contributed by atoms with Crippen molar-refractivity contribution >= 4 is 22.9 Å². The maximum absolute atomic E-state index is 11.8. The first-order chi connectivity index (χ1) is 9.60. The summed E-state index contributed by atoms with van der Waals surface area (Å²) in [6.07, 6.45) is 2.01. The Morgan fingerprint density at radius 1 is 1.15 bits per heavy atom. The van der Waals surface area contributed by atoms with Gasteiger partial charge in [0.25, 0.3) is 5.56 Å². The summed E-state index contributed by atoms with van der Waals surface area (Å²) in [5.41, 5.74) is 0.588. The summed E-state index contributed by atoms with van der Waals surface area (Å²) in [6.45, 7) is 0. The molecule has 102 valence electrons. The second kappa shape index (κ2) is 4.68. The molecular weight excluding hydrogens is 276 g/mol. The van der Waals surface area contributed by atoms with Crippen molar-refractivity contribution in [1.29, 1.82) is 0 Å².